The van der Waals surface area contributed by atoms with Gasteiger partial charge in [-0.05, 0) is 26.2 Å². The van der Waals surface area contributed by atoms with E-state index in [1.165, 1.54) is 0 Å². The molecule has 2 atom stereocenters. The molecule has 0 spiro atoms. The number of rotatable bonds is 7. The molecule has 0 saturated carbocycles. The first-order chi connectivity index (χ1) is 6.07. The second kappa shape index (κ2) is 7.30. The van der Waals surface area contributed by atoms with Gasteiger partial charge in [-0.2, -0.15) is 0 Å². The summed E-state index contributed by atoms with van der Waals surface area (Å²) in [5.74, 6) is 0.457. The number of hydrogen-bond donors (Lipinski definition) is 1. The minimum atomic E-state index is 0.123. The summed E-state index contributed by atoms with van der Waals surface area (Å²) in [6, 6.07) is 0.123. The monoisotopic (exact) mass is 189 g/mol. The maximum atomic E-state index is 5.93. The van der Waals surface area contributed by atoms with Crippen LogP contribution in [0.3, 0.4) is 0 Å². The van der Waals surface area contributed by atoms with Gasteiger partial charge in [0.1, 0.15) is 0 Å². The highest BCUT2D eigenvalue weighted by Crippen LogP contribution is 2.07. The average molecular weight is 189 g/mol. The van der Waals surface area contributed by atoms with Crippen molar-refractivity contribution in [2.45, 2.75) is 39.3 Å². The van der Waals surface area contributed by atoms with Crippen molar-refractivity contribution in [2.75, 3.05) is 20.3 Å². The zero-order chi connectivity index (χ0) is 10.3. The maximum absolute atomic E-state index is 5.93. The predicted molar refractivity (Wildman–Crippen MR) is 54.7 cm³/mol. The van der Waals surface area contributed by atoms with Gasteiger partial charge in [0.2, 0.25) is 0 Å². The first-order valence-corrected chi connectivity index (χ1v) is 4.94. The summed E-state index contributed by atoms with van der Waals surface area (Å²) in [7, 11) is 1.71. The Labute approximate surface area is 81.6 Å². The zero-order valence-electron chi connectivity index (χ0n) is 9.25. The second-order valence-electron chi connectivity index (χ2n) is 3.80. The van der Waals surface area contributed by atoms with Crippen LogP contribution in [0, 0.1) is 5.92 Å². The molecule has 2 unspecified atom stereocenters. The molecular formula is C10H23NO2. The Kier molecular flexibility index (Phi) is 7.23. The molecule has 0 aliphatic carbocycles. The van der Waals surface area contributed by atoms with Gasteiger partial charge in [-0.25, -0.2) is 0 Å². The van der Waals surface area contributed by atoms with E-state index in [0.29, 0.717) is 12.5 Å². The molecular weight excluding hydrogens is 166 g/mol. The standard InChI is InChI=1S/C10H23NO2/c1-8(2)13-7-10(11)9(3)5-6-12-4/h8-10H,5-7,11H2,1-4H3. The minimum Gasteiger partial charge on any atom is -0.385 e. The Morgan fingerprint density at radius 2 is 1.85 bits per heavy atom. The van der Waals surface area contributed by atoms with E-state index in [4.69, 9.17) is 15.2 Å². The third kappa shape index (κ3) is 6.99. The molecule has 0 aliphatic rings. The number of methoxy groups -OCH3 is 1. The lowest BCUT2D eigenvalue weighted by Crippen LogP contribution is -2.34. The highest BCUT2D eigenvalue weighted by atomic mass is 16.5. The van der Waals surface area contributed by atoms with Gasteiger partial charge in [-0.3, -0.25) is 0 Å². The third-order valence-corrected chi connectivity index (χ3v) is 2.13. The van der Waals surface area contributed by atoms with Gasteiger partial charge in [-0.15, -0.1) is 0 Å². The molecule has 0 rings (SSSR count). The molecule has 0 bridgehead atoms. The molecule has 0 aromatic heterocycles. The summed E-state index contributed by atoms with van der Waals surface area (Å²) < 4.78 is 10.4. The lowest BCUT2D eigenvalue weighted by Gasteiger charge is -2.20. The highest BCUT2D eigenvalue weighted by molar-refractivity contribution is 4.68. The predicted octanol–water partition coefficient (Wildman–Crippen LogP) is 1.41. The summed E-state index contributed by atoms with van der Waals surface area (Å²) >= 11 is 0. The number of ether oxygens (including phenoxy) is 2. The van der Waals surface area contributed by atoms with Gasteiger partial charge in [0.25, 0.3) is 0 Å². The van der Waals surface area contributed by atoms with Gasteiger partial charge in [0.15, 0.2) is 0 Å². The van der Waals surface area contributed by atoms with E-state index >= 15 is 0 Å². The summed E-state index contributed by atoms with van der Waals surface area (Å²) in [6.45, 7) is 7.59. The molecule has 0 aromatic carbocycles. The van der Waals surface area contributed by atoms with E-state index in [1.54, 1.807) is 7.11 Å². The minimum absolute atomic E-state index is 0.123. The molecule has 2 N–H and O–H groups in total. The summed E-state index contributed by atoms with van der Waals surface area (Å²) in [6.07, 6.45) is 1.26. The maximum Gasteiger partial charge on any atom is 0.0623 e. The first-order valence-electron chi connectivity index (χ1n) is 4.94. The van der Waals surface area contributed by atoms with Gasteiger partial charge >= 0.3 is 0 Å². The van der Waals surface area contributed by atoms with Crippen molar-refractivity contribution in [2.24, 2.45) is 11.7 Å². The van der Waals surface area contributed by atoms with Crippen LogP contribution in [0.5, 0.6) is 0 Å². The van der Waals surface area contributed by atoms with E-state index in [-0.39, 0.29) is 12.1 Å². The molecule has 0 radical (unpaired) electrons. The SMILES string of the molecule is COCCC(C)C(N)COC(C)C. The van der Waals surface area contributed by atoms with E-state index in [1.807, 2.05) is 13.8 Å². The summed E-state index contributed by atoms with van der Waals surface area (Å²) in [4.78, 5) is 0. The zero-order valence-corrected chi connectivity index (χ0v) is 9.25. The molecule has 0 saturated heterocycles. The van der Waals surface area contributed by atoms with Crippen LogP contribution in [-0.4, -0.2) is 32.5 Å². The van der Waals surface area contributed by atoms with Crippen molar-refractivity contribution in [3.8, 4) is 0 Å². The van der Waals surface area contributed by atoms with Crippen LogP contribution in [0.1, 0.15) is 27.2 Å². The van der Waals surface area contributed by atoms with Gasteiger partial charge < -0.3 is 15.2 Å². The van der Waals surface area contributed by atoms with Crippen molar-refractivity contribution in [3.63, 3.8) is 0 Å². The third-order valence-electron chi connectivity index (χ3n) is 2.13. The lowest BCUT2D eigenvalue weighted by molar-refractivity contribution is 0.0547. The lowest BCUT2D eigenvalue weighted by atomic mass is 10.0. The van der Waals surface area contributed by atoms with Gasteiger partial charge in [-0.1, -0.05) is 6.92 Å². The van der Waals surface area contributed by atoms with Gasteiger partial charge in [0.05, 0.1) is 12.7 Å². The van der Waals surface area contributed by atoms with Gasteiger partial charge in [0, 0.05) is 19.8 Å². The van der Waals surface area contributed by atoms with Crippen LogP contribution in [-0.2, 0) is 9.47 Å². The molecule has 0 amide bonds. The Balaban J connectivity index is 3.50. The molecule has 3 nitrogen and oxygen atoms in total. The van der Waals surface area contributed by atoms with Crippen molar-refractivity contribution in [1.82, 2.24) is 0 Å². The molecule has 0 fully saturated rings. The average Bonchev–Trinajstić information content (AvgIpc) is 2.10. The Hall–Kier alpha value is -0.120. The van der Waals surface area contributed by atoms with Crippen molar-refractivity contribution in [3.05, 3.63) is 0 Å². The fourth-order valence-corrected chi connectivity index (χ4v) is 0.986. The smallest absolute Gasteiger partial charge is 0.0623 e. The molecule has 3 heteroatoms. The fourth-order valence-electron chi connectivity index (χ4n) is 0.986. The van der Waals surface area contributed by atoms with Crippen molar-refractivity contribution >= 4 is 0 Å². The number of hydrogen-bond acceptors (Lipinski definition) is 3. The topological polar surface area (TPSA) is 44.5 Å². The molecule has 0 aliphatic heterocycles. The first kappa shape index (κ1) is 12.9. The molecule has 0 aromatic rings. The van der Waals surface area contributed by atoms with Crippen LogP contribution in [0.2, 0.25) is 0 Å². The Bertz CT molecular complexity index is 117. The molecule has 13 heavy (non-hydrogen) atoms. The molecule has 0 heterocycles. The van der Waals surface area contributed by atoms with Crippen molar-refractivity contribution < 1.29 is 9.47 Å². The van der Waals surface area contributed by atoms with Crippen LogP contribution in [0.25, 0.3) is 0 Å². The fraction of sp³-hybridized carbons (Fsp3) is 1.00. The largest absolute Gasteiger partial charge is 0.385 e. The highest BCUT2D eigenvalue weighted by Gasteiger charge is 2.12. The second-order valence-corrected chi connectivity index (χ2v) is 3.80. The Morgan fingerprint density at radius 1 is 1.23 bits per heavy atom. The van der Waals surface area contributed by atoms with E-state index in [2.05, 4.69) is 6.92 Å². The van der Waals surface area contributed by atoms with E-state index in [9.17, 15) is 0 Å². The summed E-state index contributed by atoms with van der Waals surface area (Å²) in [5, 5.41) is 0. The Morgan fingerprint density at radius 3 is 2.31 bits per heavy atom. The molecule has 80 valence electrons. The van der Waals surface area contributed by atoms with Crippen LogP contribution in [0.4, 0.5) is 0 Å². The number of nitrogens with two attached hydrogens (primary N) is 1. The van der Waals surface area contributed by atoms with Crippen LogP contribution < -0.4 is 5.73 Å². The quantitative estimate of drug-likeness (QED) is 0.658. The van der Waals surface area contributed by atoms with Crippen LogP contribution >= 0.6 is 0 Å². The van der Waals surface area contributed by atoms with Crippen molar-refractivity contribution in [1.29, 1.82) is 0 Å². The van der Waals surface area contributed by atoms with Crippen LogP contribution in [0.15, 0.2) is 0 Å². The normalized spacial score (nSPS) is 16.2. The summed E-state index contributed by atoms with van der Waals surface area (Å²) in [5.41, 5.74) is 5.93. The van der Waals surface area contributed by atoms with E-state index in [0.717, 1.165) is 13.0 Å². The van der Waals surface area contributed by atoms with E-state index < -0.39 is 0 Å².